The molecule has 0 aliphatic carbocycles. The third-order valence-corrected chi connectivity index (χ3v) is 8.50. The number of benzene rings is 3. The summed E-state index contributed by atoms with van der Waals surface area (Å²) in [6.07, 6.45) is 1.74. The highest BCUT2D eigenvalue weighted by Crippen LogP contribution is 2.38. The minimum absolute atomic E-state index is 0.157. The molecule has 6 nitrogen and oxygen atoms in total. The number of thioether (sulfide) groups is 1. The summed E-state index contributed by atoms with van der Waals surface area (Å²) < 4.78 is 11.3. The lowest BCUT2D eigenvalue weighted by molar-refractivity contribution is -0.121. The smallest absolute Gasteiger partial charge is 0.266 e. The van der Waals surface area contributed by atoms with Gasteiger partial charge in [-0.3, -0.25) is 9.69 Å². The van der Waals surface area contributed by atoms with E-state index in [9.17, 15) is 4.79 Å². The second kappa shape index (κ2) is 12.4. The van der Waals surface area contributed by atoms with Gasteiger partial charge in [-0.1, -0.05) is 52.5 Å². The van der Waals surface area contributed by atoms with Gasteiger partial charge in [-0.05, 0) is 77.5 Å². The van der Waals surface area contributed by atoms with Crippen LogP contribution in [-0.4, -0.2) is 49.3 Å². The van der Waals surface area contributed by atoms with Crippen molar-refractivity contribution in [3.8, 4) is 5.75 Å². The summed E-state index contributed by atoms with van der Waals surface area (Å²) in [7, 11) is 1.71. The van der Waals surface area contributed by atoms with Gasteiger partial charge in [-0.15, -0.1) is 0 Å². The van der Waals surface area contributed by atoms with Crippen LogP contribution < -0.4 is 9.64 Å². The summed E-state index contributed by atoms with van der Waals surface area (Å²) in [5.41, 5.74) is 3.39. The van der Waals surface area contributed by atoms with Gasteiger partial charge in [0.05, 0.1) is 43.9 Å². The second-order valence-corrected chi connectivity index (χ2v) is 11.5. The Morgan fingerprint density at radius 3 is 2.31 bits per heavy atom. The van der Waals surface area contributed by atoms with Crippen molar-refractivity contribution < 1.29 is 14.3 Å². The van der Waals surface area contributed by atoms with Crippen LogP contribution >= 0.6 is 58.2 Å². The van der Waals surface area contributed by atoms with Gasteiger partial charge >= 0.3 is 0 Å². The summed E-state index contributed by atoms with van der Waals surface area (Å²) in [6, 6.07) is 16.6. The Hall–Kier alpha value is -2.39. The van der Waals surface area contributed by atoms with E-state index in [0.29, 0.717) is 41.5 Å². The fraction of sp³-hybridized carbons (Fsp3) is 0.214. The summed E-state index contributed by atoms with van der Waals surface area (Å²) >= 11 is 26.3. The number of amides is 1. The Bertz CT molecular complexity index is 1430. The summed E-state index contributed by atoms with van der Waals surface area (Å²) in [6.45, 7) is 3.41. The zero-order valence-corrected chi connectivity index (χ0v) is 24.6. The summed E-state index contributed by atoms with van der Waals surface area (Å²) in [5, 5.41) is 2.14. The molecule has 0 atom stereocenters. The predicted molar refractivity (Wildman–Crippen MR) is 162 cm³/mol. The van der Waals surface area contributed by atoms with Crippen LogP contribution in [0.3, 0.4) is 0 Å². The zero-order chi connectivity index (χ0) is 27.5. The van der Waals surface area contributed by atoms with Crippen LogP contribution in [0.25, 0.3) is 6.08 Å². The van der Waals surface area contributed by atoms with Gasteiger partial charge in [0.15, 0.2) is 10.9 Å². The number of ether oxygens (including phenoxy) is 2. The van der Waals surface area contributed by atoms with E-state index in [4.69, 9.17) is 60.9 Å². The molecular weight excluding hydrogens is 600 g/mol. The zero-order valence-electron chi connectivity index (χ0n) is 20.8. The van der Waals surface area contributed by atoms with Gasteiger partial charge in [0, 0.05) is 25.8 Å². The number of aliphatic imine (C=N–C) groups is 1. The molecule has 0 aromatic heterocycles. The molecule has 0 radical (unpaired) electrons. The van der Waals surface area contributed by atoms with Crippen molar-refractivity contribution in [3.05, 3.63) is 90.7 Å². The molecule has 1 amide bonds. The van der Waals surface area contributed by atoms with E-state index < -0.39 is 0 Å². The maximum absolute atomic E-state index is 12.9. The quantitative estimate of drug-likeness (QED) is 0.261. The molecule has 2 heterocycles. The third kappa shape index (κ3) is 6.68. The number of morpholine rings is 1. The first-order valence-electron chi connectivity index (χ1n) is 12.0. The molecular formula is C28H23Cl4N3O3S. The molecule has 2 aliphatic rings. The first-order valence-corrected chi connectivity index (χ1v) is 14.4. The largest absolute Gasteiger partial charge is 0.486 e. The molecule has 3 aromatic rings. The molecule has 0 N–H and O–H groups in total. The molecule has 0 spiro atoms. The number of amidine groups is 1. The average molecular weight is 623 g/mol. The molecule has 2 aliphatic heterocycles. The maximum Gasteiger partial charge on any atom is 0.266 e. The highest BCUT2D eigenvalue weighted by atomic mass is 35.5. The van der Waals surface area contributed by atoms with Crippen LogP contribution in [0.4, 0.5) is 11.4 Å². The third-order valence-electron chi connectivity index (χ3n) is 6.14. The number of hydrogen-bond donors (Lipinski definition) is 0. The van der Waals surface area contributed by atoms with E-state index in [1.165, 1.54) is 16.7 Å². The highest BCUT2D eigenvalue weighted by Gasteiger charge is 2.30. The van der Waals surface area contributed by atoms with Crippen molar-refractivity contribution in [2.45, 2.75) is 6.61 Å². The molecule has 2 fully saturated rings. The first-order chi connectivity index (χ1) is 18.8. The number of carbonyl (C=O) groups excluding carboxylic acids is 1. The van der Waals surface area contributed by atoms with Gasteiger partial charge < -0.3 is 14.4 Å². The number of rotatable bonds is 6. The van der Waals surface area contributed by atoms with Gasteiger partial charge in [0.2, 0.25) is 0 Å². The van der Waals surface area contributed by atoms with Crippen LogP contribution in [0, 0.1) is 0 Å². The van der Waals surface area contributed by atoms with Crippen LogP contribution in [0.5, 0.6) is 5.75 Å². The number of nitrogens with zero attached hydrogens (tertiary/aromatic N) is 3. The Morgan fingerprint density at radius 2 is 1.64 bits per heavy atom. The number of likely N-dealkylation sites (N-methyl/N-ethyl adjacent to an activating group) is 1. The lowest BCUT2D eigenvalue weighted by Crippen LogP contribution is -2.36. The lowest BCUT2D eigenvalue weighted by atomic mass is 10.2. The normalized spacial score (nSPS) is 17.9. The van der Waals surface area contributed by atoms with E-state index in [0.717, 1.165) is 43.2 Å². The Balaban J connectivity index is 1.29. The molecule has 5 rings (SSSR count). The lowest BCUT2D eigenvalue weighted by Gasteiger charge is -2.28. The molecule has 2 saturated heterocycles. The second-order valence-electron chi connectivity index (χ2n) is 8.84. The average Bonchev–Trinajstić information content (AvgIpc) is 3.18. The van der Waals surface area contributed by atoms with Crippen LogP contribution in [0.2, 0.25) is 20.1 Å². The number of halogens is 4. The standard InChI is InChI=1S/C28H23Cl4N3O3S/c1-34-27(36)25(39-28(34)33-19-3-5-20(6-4-19)35-8-10-37-11-9-35)15-18-13-23(31)26(24(32)14-18)38-16-17-2-7-21(29)22(30)12-17/h2-7,12-15H,8-11,16H2,1H3/b25-15-,33-28?. The highest BCUT2D eigenvalue weighted by molar-refractivity contribution is 8.18. The minimum atomic E-state index is -0.157. The van der Waals surface area contributed by atoms with Gasteiger partial charge in [0.1, 0.15) is 6.61 Å². The van der Waals surface area contributed by atoms with Crippen molar-refractivity contribution in [3.63, 3.8) is 0 Å². The molecule has 39 heavy (non-hydrogen) atoms. The molecule has 0 bridgehead atoms. The van der Waals surface area contributed by atoms with Crippen molar-refractivity contribution in [1.29, 1.82) is 0 Å². The van der Waals surface area contributed by atoms with Crippen LogP contribution in [0.1, 0.15) is 11.1 Å². The molecule has 11 heteroatoms. The van der Waals surface area contributed by atoms with Gasteiger partial charge in [-0.2, -0.15) is 0 Å². The number of anilines is 1. The Labute approximate surface area is 251 Å². The van der Waals surface area contributed by atoms with Gasteiger partial charge in [0.25, 0.3) is 5.91 Å². The maximum atomic E-state index is 12.9. The van der Waals surface area contributed by atoms with Crippen molar-refractivity contribution in [2.75, 3.05) is 38.3 Å². The van der Waals surface area contributed by atoms with Crippen molar-refractivity contribution in [2.24, 2.45) is 4.99 Å². The van der Waals surface area contributed by atoms with E-state index in [1.807, 2.05) is 30.3 Å². The number of carbonyl (C=O) groups is 1. The fourth-order valence-electron chi connectivity index (χ4n) is 4.06. The molecule has 202 valence electrons. The SMILES string of the molecule is CN1C(=O)/C(=C/c2cc(Cl)c(OCc3ccc(Cl)c(Cl)c3)c(Cl)c2)SC1=Nc1ccc(N2CCOCC2)cc1. The minimum Gasteiger partial charge on any atom is -0.486 e. The van der Waals surface area contributed by atoms with E-state index in [1.54, 1.807) is 37.4 Å². The number of hydrogen-bond acceptors (Lipinski definition) is 6. The molecule has 3 aromatic carbocycles. The first kappa shape index (κ1) is 28.1. The predicted octanol–water partition coefficient (Wildman–Crippen LogP) is 7.95. The van der Waals surface area contributed by atoms with E-state index in [2.05, 4.69) is 4.90 Å². The van der Waals surface area contributed by atoms with Crippen LogP contribution in [-0.2, 0) is 16.1 Å². The van der Waals surface area contributed by atoms with E-state index in [-0.39, 0.29) is 12.5 Å². The molecule has 0 unspecified atom stereocenters. The van der Waals surface area contributed by atoms with Crippen LogP contribution in [0.15, 0.2) is 64.5 Å². The van der Waals surface area contributed by atoms with E-state index >= 15 is 0 Å². The summed E-state index contributed by atoms with van der Waals surface area (Å²) in [4.78, 5) is 22.0. The van der Waals surface area contributed by atoms with Crippen molar-refractivity contribution >= 4 is 86.7 Å². The Morgan fingerprint density at radius 1 is 0.949 bits per heavy atom. The monoisotopic (exact) mass is 621 g/mol. The molecule has 0 saturated carbocycles. The van der Waals surface area contributed by atoms with Crippen molar-refractivity contribution in [1.82, 2.24) is 4.90 Å². The van der Waals surface area contributed by atoms with Gasteiger partial charge in [-0.25, -0.2) is 4.99 Å². The fourth-order valence-corrected chi connectivity index (χ4v) is 5.98. The summed E-state index contributed by atoms with van der Waals surface area (Å²) in [5.74, 6) is 0.188. The topological polar surface area (TPSA) is 54.4 Å². The Kier molecular flexibility index (Phi) is 8.96.